The molecule has 0 unspecified atom stereocenters. The Morgan fingerprint density at radius 1 is 1.26 bits per heavy atom. The molecule has 0 aliphatic rings. The van der Waals surface area contributed by atoms with Crippen LogP contribution in [0.1, 0.15) is 27.7 Å². The van der Waals surface area contributed by atoms with Crippen LogP contribution in [0.5, 0.6) is 0 Å². The summed E-state index contributed by atoms with van der Waals surface area (Å²) in [6.45, 7) is 1.32. The molecular formula is C18H23N3O2. The van der Waals surface area contributed by atoms with E-state index >= 15 is 0 Å². The number of pyridine rings is 1. The number of methoxy groups -OCH3 is 1. The van der Waals surface area contributed by atoms with Crippen molar-refractivity contribution < 1.29 is 9.53 Å². The third-order valence-electron chi connectivity index (χ3n) is 3.76. The van der Waals surface area contributed by atoms with E-state index in [1.807, 2.05) is 49.5 Å². The SMILES string of the molecule is CNC(=O)c1ccc(CN(C)[C@H](COC)c2ccccn2)cc1. The Bertz CT molecular complexity index is 614. The Hall–Kier alpha value is -2.24. The van der Waals surface area contributed by atoms with Gasteiger partial charge in [0.1, 0.15) is 0 Å². The minimum atomic E-state index is -0.0735. The average molecular weight is 313 g/mol. The predicted octanol–water partition coefficient (Wildman–Crippen LogP) is 2.26. The molecule has 5 nitrogen and oxygen atoms in total. The molecule has 1 heterocycles. The van der Waals surface area contributed by atoms with E-state index in [4.69, 9.17) is 4.74 Å². The van der Waals surface area contributed by atoms with E-state index in [9.17, 15) is 4.79 Å². The van der Waals surface area contributed by atoms with Gasteiger partial charge in [-0.25, -0.2) is 0 Å². The van der Waals surface area contributed by atoms with Gasteiger partial charge in [-0.1, -0.05) is 18.2 Å². The molecule has 1 aromatic heterocycles. The lowest BCUT2D eigenvalue weighted by molar-refractivity contribution is 0.0963. The minimum absolute atomic E-state index is 0.0735. The van der Waals surface area contributed by atoms with E-state index in [1.165, 1.54) is 0 Å². The van der Waals surface area contributed by atoms with Gasteiger partial charge in [0, 0.05) is 32.5 Å². The van der Waals surface area contributed by atoms with Gasteiger partial charge in [0.2, 0.25) is 0 Å². The maximum absolute atomic E-state index is 11.6. The van der Waals surface area contributed by atoms with E-state index in [0.29, 0.717) is 12.2 Å². The first-order valence-electron chi connectivity index (χ1n) is 7.57. The fourth-order valence-electron chi connectivity index (χ4n) is 2.47. The Balaban J connectivity index is 2.09. The van der Waals surface area contributed by atoms with Crippen LogP contribution in [-0.2, 0) is 11.3 Å². The molecule has 0 bridgehead atoms. The highest BCUT2D eigenvalue weighted by atomic mass is 16.5. The van der Waals surface area contributed by atoms with Crippen LogP contribution in [0, 0.1) is 0 Å². The maximum atomic E-state index is 11.6. The van der Waals surface area contributed by atoms with Crippen molar-refractivity contribution >= 4 is 5.91 Å². The smallest absolute Gasteiger partial charge is 0.251 e. The number of nitrogens with zero attached hydrogens (tertiary/aromatic N) is 2. The average Bonchev–Trinajstić information content (AvgIpc) is 2.60. The predicted molar refractivity (Wildman–Crippen MR) is 90.2 cm³/mol. The van der Waals surface area contributed by atoms with Crippen molar-refractivity contribution in [3.05, 3.63) is 65.5 Å². The summed E-state index contributed by atoms with van der Waals surface area (Å²) in [6, 6.07) is 13.6. The van der Waals surface area contributed by atoms with Gasteiger partial charge in [0.15, 0.2) is 0 Å². The highest BCUT2D eigenvalue weighted by Gasteiger charge is 2.18. The summed E-state index contributed by atoms with van der Waals surface area (Å²) in [5, 5.41) is 2.62. The topological polar surface area (TPSA) is 54.5 Å². The van der Waals surface area contributed by atoms with Gasteiger partial charge in [0.25, 0.3) is 5.91 Å². The standard InChI is InChI=1S/C18H23N3O2/c1-19-18(22)15-9-7-14(8-10-15)12-21(2)17(13-23-3)16-6-4-5-11-20-16/h4-11,17H,12-13H2,1-3H3,(H,19,22)/t17-/m1/s1. The number of likely N-dealkylation sites (N-methyl/N-ethyl adjacent to an activating group) is 1. The van der Waals surface area contributed by atoms with E-state index < -0.39 is 0 Å². The Labute approximate surface area is 137 Å². The number of amides is 1. The highest BCUT2D eigenvalue weighted by Crippen LogP contribution is 2.20. The summed E-state index contributed by atoms with van der Waals surface area (Å²) in [5.41, 5.74) is 2.79. The molecule has 1 aromatic carbocycles. The molecule has 0 spiro atoms. The lowest BCUT2D eigenvalue weighted by atomic mass is 10.1. The summed E-state index contributed by atoms with van der Waals surface area (Å²) in [5.74, 6) is -0.0735. The van der Waals surface area contributed by atoms with Crippen LogP contribution in [0.15, 0.2) is 48.7 Å². The van der Waals surface area contributed by atoms with Crippen molar-refractivity contribution in [3.8, 4) is 0 Å². The van der Waals surface area contributed by atoms with Gasteiger partial charge >= 0.3 is 0 Å². The number of aromatic nitrogens is 1. The van der Waals surface area contributed by atoms with Crippen molar-refractivity contribution in [2.45, 2.75) is 12.6 Å². The second-order valence-electron chi connectivity index (χ2n) is 5.42. The number of ether oxygens (including phenoxy) is 1. The fraction of sp³-hybridized carbons (Fsp3) is 0.333. The first kappa shape index (κ1) is 17.1. The fourth-order valence-corrected chi connectivity index (χ4v) is 2.47. The number of carbonyl (C=O) groups excluding carboxylic acids is 1. The molecule has 0 aliphatic carbocycles. The zero-order valence-corrected chi connectivity index (χ0v) is 13.8. The second kappa shape index (κ2) is 8.41. The Kier molecular flexibility index (Phi) is 6.26. The van der Waals surface area contributed by atoms with Gasteiger partial charge in [0.05, 0.1) is 18.3 Å². The molecule has 122 valence electrons. The number of carbonyl (C=O) groups is 1. The second-order valence-corrected chi connectivity index (χ2v) is 5.42. The molecule has 5 heteroatoms. The number of nitrogens with one attached hydrogen (secondary N) is 1. The highest BCUT2D eigenvalue weighted by molar-refractivity contribution is 5.93. The van der Waals surface area contributed by atoms with Crippen molar-refractivity contribution in [2.75, 3.05) is 27.8 Å². The summed E-state index contributed by atoms with van der Waals surface area (Å²) >= 11 is 0. The van der Waals surface area contributed by atoms with Gasteiger partial charge in [-0.2, -0.15) is 0 Å². The number of hydrogen-bond acceptors (Lipinski definition) is 4. The van der Waals surface area contributed by atoms with Crippen LogP contribution in [0.4, 0.5) is 0 Å². The molecular weight excluding hydrogens is 290 g/mol. The van der Waals surface area contributed by atoms with Gasteiger partial charge in [-0.05, 0) is 36.9 Å². The largest absolute Gasteiger partial charge is 0.383 e. The van der Waals surface area contributed by atoms with E-state index in [2.05, 4.69) is 15.2 Å². The van der Waals surface area contributed by atoms with Gasteiger partial charge < -0.3 is 10.1 Å². The first-order valence-corrected chi connectivity index (χ1v) is 7.57. The zero-order chi connectivity index (χ0) is 16.7. The number of hydrogen-bond donors (Lipinski definition) is 1. The van der Waals surface area contributed by atoms with Crippen LogP contribution in [-0.4, -0.2) is 43.6 Å². The van der Waals surface area contributed by atoms with Crippen LogP contribution < -0.4 is 5.32 Å². The molecule has 0 aliphatic heterocycles. The third kappa shape index (κ3) is 4.61. The monoisotopic (exact) mass is 313 g/mol. The normalized spacial score (nSPS) is 12.2. The molecule has 2 aromatic rings. The van der Waals surface area contributed by atoms with Crippen molar-refractivity contribution in [1.82, 2.24) is 15.2 Å². The number of rotatable bonds is 7. The van der Waals surface area contributed by atoms with Crippen LogP contribution in [0.3, 0.4) is 0 Å². The molecule has 1 atom stereocenters. The zero-order valence-electron chi connectivity index (χ0n) is 13.8. The van der Waals surface area contributed by atoms with Crippen LogP contribution in [0.25, 0.3) is 0 Å². The summed E-state index contributed by atoms with van der Waals surface area (Å²) in [6.07, 6.45) is 1.80. The van der Waals surface area contributed by atoms with E-state index in [1.54, 1.807) is 20.4 Å². The molecule has 1 amide bonds. The molecule has 1 N–H and O–H groups in total. The third-order valence-corrected chi connectivity index (χ3v) is 3.76. The molecule has 2 rings (SSSR count). The molecule has 0 fully saturated rings. The lowest BCUT2D eigenvalue weighted by Gasteiger charge is -2.27. The Morgan fingerprint density at radius 2 is 2.00 bits per heavy atom. The van der Waals surface area contributed by atoms with Crippen LogP contribution in [0.2, 0.25) is 0 Å². The molecule has 23 heavy (non-hydrogen) atoms. The number of benzene rings is 1. The maximum Gasteiger partial charge on any atom is 0.251 e. The van der Waals surface area contributed by atoms with Crippen molar-refractivity contribution in [1.29, 1.82) is 0 Å². The Morgan fingerprint density at radius 3 is 2.57 bits per heavy atom. The summed E-state index contributed by atoms with van der Waals surface area (Å²) in [4.78, 5) is 18.2. The van der Waals surface area contributed by atoms with Crippen molar-refractivity contribution in [3.63, 3.8) is 0 Å². The molecule has 0 saturated heterocycles. The summed E-state index contributed by atoms with van der Waals surface area (Å²) in [7, 11) is 5.37. The quantitative estimate of drug-likeness (QED) is 0.852. The molecule has 0 saturated carbocycles. The van der Waals surface area contributed by atoms with Gasteiger partial charge in [-0.3, -0.25) is 14.7 Å². The minimum Gasteiger partial charge on any atom is -0.383 e. The van der Waals surface area contributed by atoms with Crippen LogP contribution >= 0.6 is 0 Å². The van der Waals surface area contributed by atoms with Crippen molar-refractivity contribution in [2.24, 2.45) is 0 Å². The van der Waals surface area contributed by atoms with E-state index in [0.717, 1.165) is 17.8 Å². The van der Waals surface area contributed by atoms with Gasteiger partial charge in [-0.15, -0.1) is 0 Å². The first-order chi connectivity index (χ1) is 11.2. The lowest BCUT2D eigenvalue weighted by Crippen LogP contribution is -2.28. The summed E-state index contributed by atoms with van der Waals surface area (Å²) < 4.78 is 5.35. The molecule has 0 radical (unpaired) electrons. The van der Waals surface area contributed by atoms with E-state index in [-0.39, 0.29) is 11.9 Å².